The summed E-state index contributed by atoms with van der Waals surface area (Å²) < 4.78 is 1.82. The minimum Gasteiger partial charge on any atom is -0.306 e. The molecule has 2 heterocycles. The van der Waals surface area contributed by atoms with Crippen LogP contribution in [-0.4, -0.2) is 19.7 Å². The minimum absolute atomic E-state index is 0.00625. The number of hydrogen-bond donors (Lipinski definition) is 1. The standard InChI is InChI=1S/C12H14N4O/c1-2-16-7-8(6-13-16)11-14-10-5-3-4-9(10)12(17)15-11/h6-7H,2-5H2,1H3,(H,14,15,17). The monoisotopic (exact) mass is 230 g/mol. The van der Waals surface area contributed by atoms with Gasteiger partial charge < -0.3 is 4.98 Å². The Labute approximate surface area is 98.5 Å². The molecule has 2 aromatic rings. The molecule has 0 saturated heterocycles. The number of hydrogen-bond acceptors (Lipinski definition) is 3. The van der Waals surface area contributed by atoms with Crippen LogP contribution in [0.25, 0.3) is 11.4 Å². The first-order valence-electron chi connectivity index (χ1n) is 5.93. The van der Waals surface area contributed by atoms with Gasteiger partial charge in [0.05, 0.1) is 17.5 Å². The van der Waals surface area contributed by atoms with Crippen molar-refractivity contribution in [3.8, 4) is 11.4 Å². The molecule has 0 aromatic carbocycles. The van der Waals surface area contributed by atoms with Crippen molar-refractivity contribution in [2.24, 2.45) is 0 Å². The molecule has 1 aliphatic rings. The van der Waals surface area contributed by atoms with Gasteiger partial charge in [-0.1, -0.05) is 0 Å². The number of aromatic amines is 1. The van der Waals surface area contributed by atoms with Gasteiger partial charge in [0.15, 0.2) is 0 Å². The van der Waals surface area contributed by atoms with E-state index in [0.717, 1.165) is 42.6 Å². The zero-order valence-electron chi connectivity index (χ0n) is 9.73. The molecule has 1 N–H and O–H groups in total. The summed E-state index contributed by atoms with van der Waals surface area (Å²) in [5.41, 5.74) is 2.69. The number of H-pyrrole nitrogens is 1. The second kappa shape index (κ2) is 3.84. The molecule has 0 amide bonds. The van der Waals surface area contributed by atoms with Crippen molar-refractivity contribution in [2.75, 3.05) is 0 Å². The zero-order valence-corrected chi connectivity index (χ0v) is 9.73. The fraction of sp³-hybridized carbons (Fsp3) is 0.417. The first-order valence-corrected chi connectivity index (χ1v) is 5.93. The maximum absolute atomic E-state index is 11.9. The van der Waals surface area contributed by atoms with Gasteiger partial charge in [-0.2, -0.15) is 5.10 Å². The molecule has 0 saturated carbocycles. The highest BCUT2D eigenvalue weighted by Gasteiger charge is 2.17. The highest BCUT2D eigenvalue weighted by Crippen LogP contribution is 2.19. The lowest BCUT2D eigenvalue weighted by molar-refractivity contribution is 0.660. The average Bonchev–Trinajstić information content (AvgIpc) is 2.97. The van der Waals surface area contributed by atoms with Gasteiger partial charge >= 0.3 is 0 Å². The first kappa shape index (κ1) is 10.3. The Balaban J connectivity index is 2.09. The van der Waals surface area contributed by atoms with E-state index < -0.39 is 0 Å². The van der Waals surface area contributed by atoms with Crippen LogP contribution in [0.3, 0.4) is 0 Å². The van der Waals surface area contributed by atoms with Gasteiger partial charge in [-0.3, -0.25) is 9.48 Å². The van der Waals surface area contributed by atoms with Gasteiger partial charge in [-0.15, -0.1) is 0 Å². The molecule has 0 spiro atoms. The third-order valence-corrected chi connectivity index (χ3v) is 3.17. The second-order valence-electron chi connectivity index (χ2n) is 4.28. The quantitative estimate of drug-likeness (QED) is 0.841. The van der Waals surface area contributed by atoms with Crippen LogP contribution < -0.4 is 5.56 Å². The molecule has 5 nitrogen and oxygen atoms in total. The molecule has 0 fully saturated rings. The molecule has 88 valence electrons. The molecule has 3 rings (SSSR count). The van der Waals surface area contributed by atoms with E-state index in [1.807, 2.05) is 17.8 Å². The van der Waals surface area contributed by atoms with Gasteiger partial charge in [0.2, 0.25) is 0 Å². The summed E-state index contributed by atoms with van der Waals surface area (Å²) in [5.74, 6) is 0.635. The molecule has 2 aromatic heterocycles. The summed E-state index contributed by atoms with van der Waals surface area (Å²) in [6.45, 7) is 2.84. The van der Waals surface area contributed by atoms with E-state index in [4.69, 9.17) is 0 Å². The molecule has 0 bridgehead atoms. The number of aromatic nitrogens is 4. The van der Waals surface area contributed by atoms with Crippen LogP contribution in [0.4, 0.5) is 0 Å². The summed E-state index contributed by atoms with van der Waals surface area (Å²) in [6.07, 6.45) is 6.44. The predicted octanol–water partition coefficient (Wildman–Crippen LogP) is 1.14. The van der Waals surface area contributed by atoms with Crippen LogP contribution in [0.2, 0.25) is 0 Å². The molecular weight excluding hydrogens is 216 g/mol. The largest absolute Gasteiger partial charge is 0.306 e. The summed E-state index contributed by atoms with van der Waals surface area (Å²) in [4.78, 5) is 19.2. The van der Waals surface area contributed by atoms with Gasteiger partial charge in [0, 0.05) is 18.3 Å². The number of rotatable bonds is 2. The maximum atomic E-state index is 11.9. The van der Waals surface area contributed by atoms with Crippen LogP contribution >= 0.6 is 0 Å². The van der Waals surface area contributed by atoms with Crippen molar-refractivity contribution >= 4 is 0 Å². The summed E-state index contributed by atoms with van der Waals surface area (Å²) in [7, 11) is 0. The molecule has 1 aliphatic carbocycles. The highest BCUT2D eigenvalue weighted by molar-refractivity contribution is 5.52. The predicted molar refractivity (Wildman–Crippen MR) is 63.8 cm³/mol. The van der Waals surface area contributed by atoms with E-state index in [-0.39, 0.29) is 5.56 Å². The third-order valence-electron chi connectivity index (χ3n) is 3.17. The molecule has 5 heteroatoms. The average molecular weight is 230 g/mol. The lowest BCUT2D eigenvalue weighted by Gasteiger charge is -2.01. The molecule has 0 radical (unpaired) electrons. The Kier molecular flexibility index (Phi) is 2.31. The SMILES string of the molecule is CCn1cc(-c2nc3c(c(=O)[nH]2)CCC3)cn1. The van der Waals surface area contributed by atoms with Crippen molar-refractivity contribution in [3.05, 3.63) is 34.0 Å². The maximum Gasteiger partial charge on any atom is 0.254 e. The molecule has 17 heavy (non-hydrogen) atoms. The third kappa shape index (κ3) is 1.67. The second-order valence-corrected chi connectivity index (χ2v) is 4.28. The summed E-state index contributed by atoms with van der Waals surface area (Å²) in [6, 6.07) is 0. The first-order chi connectivity index (χ1) is 8.28. The van der Waals surface area contributed by atoms with E-state index in [9.17, 15) is 4.79 Å². The fourth-order valence-corrected chi connectivity index (χ4v) is 2.24. The Morgan fingerprint density at radius 2 is 2.35 bits per heavy atom. The molecule has 0 atom stereocenters. The van der Waals surface area contributed by atoms with Crippen molar-refractivity contribution in [3.63, 3.8) is 0 Å². The lowest BCUT2D eigenvalue weighted by Crippen LogP contribution is -2.15. The Morgan fingerprint density at radius 1 is 1.47 bits per heavy atom. The van der Waals surface area contributed by atoms with E-state index in [1.165, 1.54) is 0 Å². The smallest absolute Gasteiger partial charge is 0.254 e. The van der Waals surface area contributed by atoms with E-state index in [2.05, 4.69) is 15.1 Å². The topological polar surface area (TPSA) is 63.6 Å². The van der Waals surface area contributed by atoms with Crippen molar-refractivity contribution in [1.82, 2.24) is 19.7 Å². The minimum atomic E-state index is 0.00625. The van der Waals surface area contributed by atoms with Crippen molar-refractivity contribution < 1.29 is 0 Å². The number of fused-ring (bicyclic) bond motifs is 1. The highest BCUT2D eigenvalue weighted by atomic mass is 16.1. The van der Waals surface area contributed by atoms with Crippen LogP contribution in [0, 0.1) is 0 Å². The molecule has 0 aliphatic heterocycles. The Bertz CT molecular complexity index is 611. The Morgan fingerprint density at radius 3 is 3.12 bits per heavy atom. The van der Waals surface area contributed by atoms with E-state index in [1.54, 1.807) is 6.20 Å². The van der Waals surface area contributed by atoms with Crippen molar-refractivity contribution in [1.29, 1.82) is 0 Å². The van der Waals surface area contributed by atoms with E-state index >= 15 is 0 Å². The Hall–Kier alpha value is -1.91. The van der Waals surface area contributed by atoms with E-state index in [0.29, 0.717) is 5.82 Å². The van der Waals surface area contributed by atoms with Gasteiger partial charge in [-0.05, 0) is 26.2 Å². The summed E-state index contributed by atoms with van der Waals surface area (Å²) >= 11 is 0. The van der Waals surface area contributed by atoms with Crippen molar-refractivity contribution in [2.45, 2.75) is 32.7 Å². The van der Waals surface area contributed by atoms with Gasteiger partial charge in [0.25, 0.3) is 5.56 Å². The normalized spacial score (nSPS) is 13.9. The van der Waals surface area contributed by atoms with Crippen LogP contribution in [0.1, 0.15) is 24.6 Å². The number of aryl methyl sites for hydroxylation is 2. The van der Waals surface area contributed by atoms with Gasteiger partial charge in [0.1, 0.15) is 5.82 Å². The zero-order chi connectivity index (χ0) is 11.8. The molecular formula is C12H14N4O. The van der Waals surface area contributed by atoms with Crippen LogP contribution in [0.15, 0.2) is 17.2 Å². The van der Waals surface area contributed by atoms with Crippen LogP contribution in [-0.2, 0) is 19.4 Å². The number of nitrogens with one attached hydrogen (secondary N) is 1. The van der Waals surface area contributed by atoms with Gasteiger partial charge in [-0.25, -0.2) is 4.98 Å². The fourth-order valence-electron chi connectivity index (χ4n) is 2.24. The molecule has 0 unspecified atom stereocenters. The number of nitrogens with zero attached hydrogens (tertiary/aromatic N) is 3. The van der Waals surface area contributed by atoms with Crippen LogP contribution in [0.5, 0.6) is 0 Å². The summed E-state index contributed by atoms with van der Waals surface area (Å²) in [5, 5.41) is 4.19. The lowest BCUT2D eigenvalue weighted by atomic mass is 10.2.